The Balaban J connectivity index is 0.00000337. The van der Waals surface area contributed by atoms with Crippen molar-refractivity contribution in [1.82, 2.24) is 9.13 Å². The van der Waals surface area contributed by atoms with E-state index in [2.05, 4.69) is 79.3 Å². The number of benzene rings is 3. The van der Waals surface area contributed by atoms with Crippen LogP contribution in [0.1, 0.15) is 38.8 Å². The van der Waals surface area contributed by atoms with Crippen LogP contribution in [0.25, 0.3) is 34.0 Å². The van der Waals surface area contributed by atoms with Gasteiger partial charge >= 0.3 is 5.97 Å². The zero-order valence-corrected chi connectivity index (χ0v) is 25.9. The van der Waals surface area contributed by atoms with Gasteiger partial charge in [0.2, 0.25) is 5.69 Å². The molecule has 1 aliphatic rings. The van der Waals surface area contributed by atoms with Crippen LogP contribution in [0.2, 0.25) is 0 Å². The highest BCUT2D eigenvalue weighted by Crippen LogP contribution is 2.39. The second kappa shape index (κ2) is 10.9. The molecule has 0 radical (unpaired) electrons. The summed E-state index contributed by atoms with van der Waals surface area (Å²) in [6.45, 7) is 9.85. The molecule has 6 nitrogen and oxygen atoms in total. The van der Waals surface area contributed by atoms with Gasteiger partial charge in [-0.25, -0.2) is 0 Å². The first-order chi connectivity index (χ1) is 19.2. The number of halogens is 1. The van der Waals surface area contributed by atoms with Gasteiger partial charge in [0.1, 0.15) is 17.8 Å². The largest absolute Gasteiger partial charge is 1.00 e. The Morgan fingerprint density at radius 2 is 1.66 bits per heavy atom. The molecule has 0 saturated carbocycles. The number of hydrogen-bond acceptors (Lipinski definition) is 3. The third kappa shape index (κ3) is 4.69. The van der Waals surface area contributed by atoms with E-state index < -0.39 is 5.97 Å². The topological polar surface area (TPSA) is 67.2 Å². The maximum absolute atomic E-state index is 13.6. The minimum absolute atomic E-state index is 0. The molecule has 0 atom stereocenters. The second-order valence-electron chi connectivity index (χ2n) is 10.7. The zero-order chi connectivity index (χ0) is 28.2. The smallest absolute Gasteiger partial charge is 0.323 e. The molecule has 0 bridgehead atoms. The minimum atomic E-state index is -1.04. The number of carboxylic acid groups (broad SMARTS) is 1. The van der Waals surface area contributed by atoms with E-state index in [1.165, 1.54) is 32.4 Å². The average Bonchev–Trinajstić information content (AvgIpc) is 3.49. The van der Waals surface area contributed by atoms with Gasteiger partial charge in [-0.2, -0.15) is 4.58 Å². The summed E-state index contributed by atoms with van der Waals surface area (Å²) in [6.07, 6.45) is 3.89. The summed E-state index contributed by atoms with van der Waals surface area (Å²) in [5.74, 6) is -1.04. The van der Waals surface area contributed by atoms with Gasteiger partial charge < -0.3 is 26.7 Å². The Bertz CT molecular complexity index is 2050. The van der Waals surface area contributed by atoms with Crippen LogP contribution < -0.4 is 31.7 Å². The first-order valence-electron chi connectivity index (χ1n) is 13.6. The average molecular weight is 631 g/mol. The van der Waals surface area contributed by atoms with Crippen molar-refractivity contribution in [2.75, 3.05) is 6.54 Å². The fraction of sp³-hybridized carbons (Fsp3) is 0.242. The number of aliphatic carboxylic acids is 1. The highest BCUT2D eigenvalue weighted by Gasteiger charge is 2.43. The lowest BCUT2D eigenvalue weighted by Gasteiger charge is -2.15. The summed E-state index contributed by atoms with van der Waals surface area (Å²) >= 11 is 1.34. The third-order valence-corrected chi connectivity index (χ3v) is 9.08. The van der Waals surface area contributed by atoms with Crippen molar-refractivity contribution in [3.05, 3.63) is 97.4 Å². The van der Waals surface area contributed by atoms with Crippen LogP contribution >= 0.6 is 11.3 Å². The Hall–Kier alpha value is -3.75. The molecule has 3 heterocycles. The molecule has 41 heavy (non-hydrogen) atoms. The number of rotatable bonds is 6. The van der Waals surface area contributed by atoms with Gasteiger partial charge in [0, 0.05) is 46.1 Å². The standard InChI is InChI=1S/C33H31N3O3S.BrH/c1-5-34-25-13-9-7-11-22(25)23-17-21(15-16-26(23)34)18-28-32(39)36(20-31(37)38)30(40-28)19-29-33(3,4)24-12-8-10-14-27(24)35(29)6-2;/h7-19H,5-6,20H2,1-4H3;1H/b28-18+;. The van der Waals surface area contributed by atoms with E-state index in [0.29, 0.717) is 9.20 Å². The Kier molecular flexibility index (Phi) is 7.66. The van der Waals surface area contributed by atoms with Crippen LogP contribution in [0.5, 0.6) is 0 Å². The highest BCUT2D eigenvalue weighted by atomic mass is 79.9. The van der Waals surface area contributed by atoms with Crippen molar-refractivity contribution in [2.45, 2.75) is 46.2 Å². The lowest BCUT2D eigenvalue weighted by atomic mass is 9.81. The van der Waals surface area contributed by atoms with Crippen molar-refractivity contribution in [2.24, 2.45) is 0 Å². The molecule has 3 aromatic carbocycles. The maximum atomic E-state index is 13.6. The van der Waals surface area contributed by atoms with Crippen LogP contribution in [-0.2, 0) is 23.3 Å². The molecule has 5 aromatic rings. The van der Waals surface area contributed by atoms with E-state index in [0.717, 1.165) is 41.0 Å². The normalized spacial score (nSPS) is 15.1. The van der Waals surface area contributed by atoms with Gasteiger partial charge in [0.15, 0.2) is 5.71 Å². The minimum Gasteiger partial charge on any atom is -1.00 e. The number of thiazole rings is 1. The Labute approximate surface area is 252 Å². The first-order valence-corrected chi connectivity index (χ1v) is 14.5. The monoisotopic (exact) mass is 629 g/mol. The fourth-order valence-electron chi connectivity index (χ4n) is 6.14. The molecule has 8 heteroatoms. The predicted octanol–water partition coefficient (Wildman–Crippen LogP) is 1.83. The first kappa shape index (κ1) is 28.8. The number of nitrogens with zero attached hydrogens (tertiary/aromatic N) is 3. The van der Waals surface area contributed by atoms with Gasteiger partial charge in [0.05, 0.1) is 9.95 Å². The maximum Gasteiger partial charge on any atom is 0.323 e. The van der Waals surface area contributed by atoms with E-state index >= 15 is 0 Å². The molecule has 1 aliphatic heterocycles. The molecule has 2 aromatic heterocycles. The molecular weight excluding hydrogens is 598 g/mol. The number of fused-ring (bicyclic) bond motifs is 4. The molecule has 0 saturated heterocycles. The summed E-state index contributed by atoms with van der Waals surface area (Å²) in [6, 6.07) is 23.0. The van der Waals surface area contributed by atoms with Crippen molar-refractivity contribution in [1.29, 1.82) is 0 Å². The highest BCUT2D eigenvalue weighted by molar-refractivity contribution is 7.07. The molecule has 210 valence electrons. The number of aryl methyl sites for hydroxylation is 1. The van der Waals surface area contributed by atoms with Crippen LogP contribution in [0.3, 0.4) is 0 Å². The molecule has 6 rings (SSSR count). The quantitative estimate of drug-likeness (QED) is 0.292. The molecule has 0 spiro atoms. The van der Waals surface area contributed by atoms with Crippen LogP contribution in [-0.4, -0.2) is 37.0 Å². The van der Waals surface area contributed by atoms with Gasteiger partial charge in [-0.15, -0.1) is 11.3 Å². The Morgan fingerprint density at radius 1 is 0.951 bits per heavy atom. The molecule has 0 unspecified atom stereocenters. The fourth-order valence-corrected chi connectivity index (χ4v) is 7.19. The van der Waals surface area contributed by atoms with E-state index in [1.54, 1.807) is 0 Å². The van der Waals surface area contributed by atoms with Crippen LogP contribution in [0.15, 0.2) is 71.5 Å². The van der Waals surface area contributed by atoms with Crippen molar-refractivity contribution < 1.29 is 31.5 Å². The van der Waals surface area contributed by atoms with Crippen LogP contribution in [0, 0.1) is 0 Å². The van der Waals surface area contributed by atoms with Gasteiger partial charge in [-0.1, -0.05) is 42.5 Å². The van der Waals surface area contributed by atoms with E-state index in [-0.39, 0.29) is 34.5 Å². The summed E-state index contributed by atoms with van der Waals surface area (Å²) < 4.78 is 7.09. The van der Waals surface area contributed by atoms with Gasteiger partial charge in [0.25, 0.3) is 5.56 Å². The predicted molar refractivity (Wildman–Crippen MR) is 164 cm³/mol. The molecule has 1 N–H and O–H groups in total. The SMILES string of the molecule is CCn1c2ccccc2c2cc(/C=c3/s/c(=C\C4=[N+](CC)c5ccccc5C4(C)C)n(CC(=O)O)c3=O)ccc21.[Br-]. The number of aromatic nitrogens is 2. The van der Waals surface area contributed by atoms with E-state index in [4.69, 9.17) is 0 Å². The summed E-state index contributed by atoms with van der Waals surface area (Å²) in [4.78, 5) is 25.4. The van der Waals surface area contributed by atoms with Gasteiger partial charge in [-0.3, -0.25) is 14.2 Å². The number of carbonyl (C=O) groups is 1. The summed E-state index contributed by atoms with van der Waals surface area (Å²) in [5, 5.41) is 12.0. The van der Waals surface area contributed by atoms with E-state index in [9.17, 15) is 14.7 Å². The van der Waals surface area contributed by atoms with Crippen LogP contribution in [0.4, 0.5) is 5.69 Å². The van der Waals surface area contributed by atoms with Crippen molar-refractivity contribution in [3.63, 3.8) is 0 Å². The zero-order valence-electron chi connectivity index (χ0n) is 23.5. The second-order valence-corrected chi connectivity index (χ2v) is 11.8. The third-order valence-electron chi connectivity index (χ3n) is 8.02. The van der Waals surface area contributed by atoms with E-state index in [1.807, 2.05) is 36.4 Å². The molecule has 0 amide bonds. The summed E-state index contributed by atoms with van der Waals surface area (Å²) in [5.41, 5.74) is 6.10. The number of para-hydroxylation sites is 2. The molecular formula is C33H32BrN3O3S. The van der Waals surface area contributed by atoms with Crippen molar-refractivity contribution >= 4 is 62.7 Å². The lowest BCUT2D eigenvalue weighted by molar-refractivity contribution is -0.432. The number of hydrogen-bond donors (Lipinski definition) is 1. The molecule has 0 fully saturated rings. The lowest BCUT2D eigenvalue weighted by Crippen LogP contribution is -3.00. The summed E-state index contributed by atoms with van der Waals surface area (Å²) in [7, 11) is 0. The molecule has 0 aliphatic carbocycles. The number of carboxylic acids is 1. The van der Waals surface area contributed by atoms with Gasteiger partial charge in [-0.05, 0) is 57.5 Å². The Morgan fingerprint density at radius 3 is 2.39 bits per heavy atom. The van der Waals surface area contributed by atoms with Crippen molar-refractivity contribution in [3.8, 4) is 0 Å².